The van der Waals surface area contributed by atoms with Crippen LogP contribution in [0, 0.1) is 5.92 Å². The number of halogens is 1. The molecule has 0 amide bonds. The number of hydrogen-bond acceptors (Lipinski definition) is 4. The summed E-state index contributed by atoms with van der Waals surface area (Å²) in [6, 6.07) is 0. The fourth-order valence-electron chi connectivity index (χ4n) is 2.25. The van der Waals surface area contributed by atoms with Crippen LogP contribution in [0.5, 0.6) is 0 Å². The van der Waals surface area contributed by atoms with Crippen molar-refractivity contribution in [2.75, 3.05) is 0 Å². The maximum atomic E-state index is 5.82. The molecule has 1 aromatic heterocycles. The molecule has 1 aliphatic carbocycles. The second-order valence-electron chi connectivity index (χ2n) is 4.79. The first-order valence-electron chi connectivity index (χ1n) is 6.52. The van der Waals surface area contributed by atoms with Gasteiger partial charge in [-0.1, -0.05) is 30.9 Å². The molecule has 19 heavy (non-hydrogen) atoms. The maximum absolute atomic E-state index is 5.82. The zero-order chi connectivity index (χ0) is 13.7. The van der Waals surface area contributed by atoms with Crippen molar-refractivity contribution in [3.05, 3.63) is 23.2 Å². The van der Waals surface area contributed by atoms with Crippen LogP contribution >= 0.6 is 11.6 Å². The topological polar surface area (TPSA) is 76.5 Å². The fraction of sp³-hybridized carbons (Fsp3) is 0.538. The molecule has 1 fully saturated rings. The van der Waals surface area contributed by atoms with Crippen LogP contribution in [0.3, 0.4) is 0 Å². The van der Waals surface area contributed by atoms with Crippen LogP contribution in [0.2, 0.25) is 5.15 Å². The average molecular weight is 280 g/mol. The molecular formula is C13H18ClN5. The Bertz CT molecular complexity index is 492. The summed E-state index contributed by atoms with van der Waals surface area (Å²) in [5, 5.41) is 8.55. The lowest BCUT2D eigenvalue weighted by atomic mass is 9.86. The smallest absolute Gasteiger partial charge is 0.173 e. The summed E-state index contributed by atoms with van der Waals surface area (Å²) >= 11 is 5.75. The molecule has 1 aliphatic rings. The lowest BCUT2D eigenvalue weighted by molar-refractivity contribution is 0.438. The van der Waals surface area contributed by atoms with Gasteiger partial charge in [0.1, 0.15) is 10.8 Å². The molecule has 0 saturated heterocycles. The van der Waals surface area contributed by atoms with Crippen molar-refractivity contribution in [2.24, 2.45) is 21.9 Å². The number of amidine groups is 1. The predicted octanol–water partition coefficient (Wildman–Crippen LogP) is 2.79. The van der Waals surface area contributed by atoms with Crippen molar-refractivity contribution in [2.45, 2.75) is 39.0 Å². The van der Waals surface area contributed by atoms with E-state index in [-0.39, 0.29) is 5.84 Å². The fourth-order valence-corrected chi connectivity index (χ4v) is 2.40. The van der Waals surface area contributed by atoms with Gasteiger partial charge in [-0.25, -0.2) is 4.98 Å². The largest absolute Gasteiger partial charge is 0.380 e. The zero-order valence-electron chi connectivity index (χ0n) is 11.0. The Labute approximate surface area is 118 Å². The Kier molecular flexibility index (Phi) is 4.85. The van der Waals surface area contributed by atoms with E-state index in [1.165, 1.54) is 44.5 Å². The van der Waals surface area contributed by atoms with Gasteiger partial charge in [-0.05, 0) is 25.7 Å². The molecule has 1 aromatic rings. The molecule has 2 rings (SSSR count). The van der Waals surface area contributed by atoms with Gasteiger partial charge in [-0.2, -0.15) is 5.10 Å². The van der Waals surface area contributed by atoms with Crippen LogP contribution in [0.25, 0.3) is 0 Å². The van der Waals surface area contributed by atoms with Gasteiger partial charge < -0.3 is 5.73 Å². The van der Waals surface area contributed by atoms with Gasteiger partial charge in [0.15, 0.2) is 5.84 Å². The maximum Gasteiger partial charge on any atom is 0.173 e. The van der Waals surface area contributed by atoms with E-state index in [9.17, 15) is 0 Å². The van der Waals surface area contributed by atoms with Gasteiger partial charge in [0.2, 0.25) is 0 Å². The highest BCUT2D eigenvalue weighted by molar-refractivity contribution is 6.29. The summed E-state index contributed by atoms with van der Waals surface area (Å²) in [6.07, 6.45) is 9.24. The van der Waals surface area contributed by atoms with E-state index in [2.05, 4.69) is 20.2 Å². The average Bonchev–Trinajstić information content (AvgIpc) is 2.45. The van der Waals surface area contributed by atoms with Gasteiger partial charge in [0.05, 0.1) is 12.4 Å². The van der Waals surface area contributed by atoms with Gasteiger partial charge >= 0.3 is 0 Å². The molecule has 2 N–H and O–H groups in total. The number of rotatable bonds is 3. The Morgan fingerprint density at radius 1 is 1.26 bits per heavy atom. The van der Waals surface area contributed by atoms with E-state index in [1.54, 1.807) is 0 Å². The first-order valence-corrected chi connectivity index (χ1v) is 6.90. The first kappa shape index (κ1) is 13.9. The summed E-state index contributed by atoms with van der Waals surface area (Å²) < 4.78 is 0. The van der Waals surface area contributed by atoms with Gasteiger partial charge in [0, 0.05) is 5.71 Å². The molecule has 1 heterocycles. The van der Waals surface area contributed by atoms with E-state index < -0.39 is 0 Å². The van der Waals surface area contributed by atoms with E-state index in [0.29, 0.717) is 16.8 Å². The van der Waals surface area contributed by atoms with Crippen molar-refractivity contribution in [3.8, 4) is 0 Å². The molecule has 0 atom stereocenters. The molecule has 0 aromatic carbocycles. The molecule has 0 unspecified atom stereocenters. The van der Waals surface area contributed by atoms with Crippen molar-refractivity contribution in [1.82, 2.24) is 9.97 Å². The van der Waals surface area contributed by atoms with Crippen LogP contribution in [-0.2, 0) is 0 Å². The summed E-state index contributed by atoms with van der Waals surface area (Å²) in [7, 11) is 0. The lowest BCUT2D eigenvalue weighted by Gasteiger charge is -2.20. The Hall–Kier alpha value is -1.49. The predicted molar refractivity (Wildman–Crippen MR) is 77.5 cm³/mol. The van der Waals surface area contributed by atoms with Crippen LogP contribution in [-0.4, -0.2) is 21.5 Å². The second-order valence-corrected chi connectivity index (χ2v) is 5.18. The van der Waals surface area contributed by atoms with Gasteiger partial charge in [-0.15, -0.1) is 5.10 Å². The summed E-state index contributed by atoms with van der Waals surface area (Å²) in [5.74, 6) is 0.779. The van der Waals surface area contributed by atoms with Crippen LogP contribution < -0.4 is 5.73 Å². The highest BCUT2D eigenvalue weighted by Gasteiger charge is 2.16. The summed E-state index contributed by atoms with van der Waals surface area (Å²) in [4.78, 5) is 7.96. The third-order valence-corrected chi connectivity index (χ3v) is 3.56. The third kappa shape index (κ3) is 3.99. The van der Waals surface area contributed by atoms with Gasteiger partial charge in [-0.3, -0.25) is 4.98 Å². The third-order valence-electron chi connectivity index (χ3n) is 3.38. The normalized spacial score (nSPS) is 18.6. The molecular weight excluding hydrogens is 262 g/mol. The number of nitrogens with two attached hydrogens (primary N) is 1. The van der Waals surface area contributed by atoms with E-state index in [1.807, 2.05) is 6.92 Å². The number of hydrogen-bond donors (Lipinski definition) is 1. The van der Waals surface area contributed by atoms with Crippen molar-refractivity contribution < 1.29 is 0 Å². The van der Waals surface area contributed by atoms with E-state index in [4.69, 9.17) is 17.3 Å². The van der Waals surface area contributed by atoms with Crippen molar-refractivity contribution in [3.63, 3.8) is 0 Å². The molecule has 0 bridgehead atoms. The van der Waals surface area contributed by atoms with E-state index in [0.717, 1.165) is 5.71 Å². The van der Waals surface area contributed by atoms with Crippen LogP contribution in [0.4, 0.5) is 0 Å². The molecule has 6 heteroatoms. The molecule has 5 nitrogen and oxygen atoms in total. The minimum atomic E-state index is 0.241. The monoisotopic (exact) mass is 279 g/mol. The Balaban J connectivity index is 2.07. The van der Waals surface area contributed by atoms with Crippen molar-refractivity contribution >= 4 is 23.1 Å². The quantitative estimate of drug-likeness (QED) is 0.525. The highest BCUT2D eigenvalue weighted by Crippen LogP contribution is 2.24. The molecule has 0 aliphatic heterocycles. The molecule has 102 valence electrons. The van der Waals surface area contributed by atoms with Gasteiger partial charge in [0.25, 0.3) is 0 Å². The number of nitrogens with zero attached hydrogens (tertiary/aromatic N) is 4. The van der Waals surface area contributed by atoms with Crippen LogP contribution in [0.15, 0.2) is 22.6 Å². The zero-order valence-corrected chi connectivity index (χ0v) is 11.8. The number of aromatic nitrogens is 2. The Morgan fingerprint density at radius 3 is 2.68 bits per heavy atom. The lowest BCUT2D eigenvalue weighted by Crippen LogP contribution is -2.17. The van der Waals surface area contributed by atoms with Crippen LogP contribution in [0.1, 0.15) is 44.7 Å². The molecule has 0 radical (unpaired) electrons. The second kappa shape index (κ2) is 6.61. The molecule has 0 spiro atoms. The first-order chi connectivity index (χ1) is 9.16. The minimum Gasteiger partial charge on any atom is -0.380 e. The molecule has 1 saturated carbocycles. The van der Waals surface area contributed by atoms with E-state index >= 15 is 0 Å². The Morgan fingerprint density at radius 2 is 2.00 bits per heavy atom. The SMILES string of the molecule is C/C(=N\N=C(/N)c1cncc(Cl)n1)C1CCCCC1. The highest BCUT2D eigenvalue weighted by atomic mass is 35.5. The van der Waals surface area contributed by atoms with Crippen molar-refractivity contribution in [1.29, 1.82) is 0 Å². The summed E-state index contributed by atoms with van der Waals surface area (Å²) in [6.45, 7) is 2.01. The summed E-state index contributed by atoms with van der Waals surface area (Å²) in [5.41, 5.74) is 7.31. The minimum absolute atomic E-state index is 0.241. The standard InChI is InChI=1S/C13H18ClN5/c1-9(10-5-3-2-4-6-10)18-19-13(15)11-7-16-8-12(14)17-11/h7-8,10H,2-6H2,1H3,(H2,15,19)/b18-9+.